The Morgan fingerprint density at radius 2 is 1.74 bits per heavy atom. The van der Waals surface area contributed by atoms with Crippen LogP contribution < -0.4 is 10.6 Å². The van der Waals surface area contributed by atoms with E-state index in [-0.39, 0.29) is 23.0 Å². The molecule has 1 aromatic carbocycles. The predicted octanol–water partition coefficient (Wildman–Crippen LogP) is 3.19. The molecule has 2 heterocycles. The summed E-state index contributed by atoms with van der Waals surface area (Å²) in [7, 11) is 0. The topological polar surface area (TPSA) is 84.0 Å². The normalized spacial score (nSPS) is 10.4. The monoisotopic (exact) mass is 404 g/mol. The number of hydrogen-bond acceptors (Lipinski definition) is 5. The Balaban J connectivity index is 1.60. The van der Waals surface area contributed by atoms with Gasteiger partial charge in [-0.2, -0.15) is 0 Å². The number of hydrogen-bond donors (Lipinski definition) is 2. The number of carbonyl (C=O) groups is 2. The molecule has 6 nitrogen and oxygen atoms in total. The van der Waals surface area contributed by atoms with E-state index in [1.807, 2.05) is 17.5 Å². The zero-order valence-corrected chi connectivity index (χ0v) is 15.5. The third-order valence-electron chi connectivity index (χ3n) is 3.57. The summed E-state index contributed by atoms with van der Waals surface area (Å²) in [5.74, 6) is -1.41. The summed E-state index contributed by atoms with van der Waals surface area (Å²) >= 11 is 7.25. The largest absolute Gasteiger partial charge is 0.347 e. The minimum absolute atomic E-state index is 0.0199. The average Bonchev–Trinajstić information content (AvgIpc) is 3.20. The van der Waals surface area contributed by atoms with Crippen LogP contribution in [-0.4, -0.2) is 21.8 Å². The second-order valence-corrected chi connectivity index (χ2v) is 6.92. The Morgan fingerprint density at radius 3 is 2.37 bits per heavy atom. The SMILES string of the molecule is O=C(NCc1ccc(F)c(Cl)c1)c1cc(C(=O)NCc2cccs2)ncn1. The van der Waals surface area contributed by atoms with Crippen LogP contribution >= 0.6 is 22.9 Å². The van der Waals surface area contributed by atoms with Gasteiger partial charge in [-0.3, -0.25) is 9.59 Å². The summed E-state index contributed by atoms with van der Waals surface area (Å²) in [5, 5.41) is 7.28. The number of thiophene rings is 1. The summed E-state index contributed by atoms with van der Waals surface area (Å²) in [6.07, 6.45) is 1.16. The van der Waals surface area contributed by atoms with E-state index in [0.717, 1.165) is 11.2 Å². The first-order chi connectivity index (χ1) is 13.0. The molecule has 0 bridgehead atoms. The Morgan fingerprint density at radius 1 is 1.04 bits per heavy atom. The lowest BCUT2D eigenvalue weighted by atomic mass is 10.2. The second kappa shape index (κ2) is 8.70. The summed E-state index contributed by atoms with van der Waals surface area (Å²) in [5.41, 5.74) is 0.786. The molecule has 2 amide bonds. The average molecular weight is 405 g/mol. The molecule has 0 atom stereocenters. The molecule has 138 valence electrons. The summed E-state index contributed by atoms with van der Waals surface area (Å²) in [4.78, 5) is 33.2. The van der Waals surface area contributed by atoms with Crippen LogP contribution in [0.5, 0.6) is 0 Å². The van der Waals surface area contributed by atoms with Gasteiger partial charge in [0.25, 0.3) is 11.8 Å². The van der Waals surface area contributed by atoms with Gasteiger partial charge < -0.3 is 10.6 Å². The molecule has 2 N–H and O–H groups in total. The molecule has 0 spiro atoms. The van der Waals surface area contributed by atoms with E-state index in [1.54, 1.807) is 0 Å². The van der Waals surface area contributed by atoms with Crippen molar-refractivity contribution in [2.24, 2.45) is 0 Å². The summed E-state index contributed by atoms with van der Waals surface area (Å²) in [6.45, 7) is 0.524. The lowest BCUT2D eigenvalue weighted by molar-refractivity contribution is 0.0944. The van der Waals surface area contributed by atoms with Gasteiger partial charge in [0.1, 0.15) is 23.5 Å². The summed E-state index contributed by atoms with van der Waals surface area (Å²) in [6, 6.07) is 9.30. The molecule has 0 aliphatic carbocycles. The van der Waals surface area contributed by atoms with E-state index >= 15 is 0 Å². The Kier molecular flexibility index (Phi) is 6.10. The highest BCUT2D eigenvalue weighted by Gasteiger charge is 2.13. The second-order valence-electron chi connectivity index (χ2n) is 5.48. The summed E-state index contributed by atoms with van der Waals surface area (Å²) < 4.78 is 13.2. The zero-order chi connectivity index (χ0) is 19.2. The Labute approximate surface area is 163 Å². The van der Waals surface area contributed by atoms with Gasteiger partial charge in [-0.25, -0.2) is 14.4 Å². The third-order valence-corrected chi connectivity index (χ3v) is 4.74. The molecule has 2 aromatic heterocycles. The van der Waals surface area contributed by atoms with Crippen LogP contribution in [0.1, 0.15) is 31.4 Å². The van der Waals surface area contributed by atoms with Gasteiger partial charge in [0.15, 0.2) is 0 Å². The van der Waals surface area contributed by atoms with E-state index < -0.39 is 17.6 Å². The molecule has 3 rings (SSSR count). The van der Waals surface area contributed by atoms with Crippen molar-refractivity contribution >= 4 is 34.8 Å². The molecule has 0 fully saturated rings. The van der Waals surface area contributed by atoms with Crippen molar-refractivity contribution < 1.29 is 14.0 Å². The Bertz CT molecular complexity index is 966. The molecular weight excluding hydrogens is 391 g/mol. The maximum absolute atomic E-state index is 13.2. The molecule has 0 saturated carbocycles. The van der Waals surface area contributed by atoms with Crippen LogP contribution in [0.3, 0.4) is 0 Å². The molecular formula is C18H14ClFN4O2S. The maximum atomic E-state index is 13.2. The van der Waals surface area contributed by atoms with Crippen molar-refractivity contribution in [2.45, 2.75) is 13.1 Å². The highest BCUT2D eigenvalue weighted by atomic mass is 35.5. The molecule has 27 heavy (non-hydrogen) atoms. The lowest BCUT2D eigenvalue weighted by Crippen LogP contribution is -2.27. The molecule has 0 saturated heterocycles. The van der Waals surface area contributed by atoms with Crippen LogP contribution in [0, 0.1) is 5.82 Å². The van der Waals surface area contributed by atoms with Crippen molar-refractivity contribution in [3.63, 3.8) is 0 Å². The quantitative estimate of drug-likeness (QED) is 0.660. The number of aromatic nitrogens is 2. The van der Waals surface area contributed by atoms with Gasteiger partial charge in [0, 0.05) is 17.5 Å². The van der Waals surface area contributed by atoms with E-state index in [4.69, 9.17) is 11.6 Å². The fourth-order valence-corrected chi connectivity index (χ4v) is 3.05. The van der Waals surface area contributed by atoms with Crippen LogP contribution in [0.4, 0.5) is 4.39 Å². The fraction of sp³-hybridized carbons (Fsp3) is 0.111. The van der Waals surface area contributed by atoms with Gasteiger partial charge in [-0.05, 0) is 29.1 Å². The van der Waals surface area contributed by atoms with E-state index in [0.29, 0.717) is 12.1 Å². The number of nitrogens with one attached hydrogen (secondary N) is 2. The first-order valence-corrected chi connectivity index (χ1v) is 9.13. The van der Waals surface area contributed by atoms with Crippen LogP contribution in [-0.2, 0) is 13.1 Å². The van der Waals surface area contributed by atoms with Crippen LogP contribution in [0.2, 0.25) is 5.02 Å². The third kappa shape index (κ3) is 5.08. The number of amides is 2. The van der Waals surface area contributed by atoms with Gasteiger partial charge in [0.05, 0.1) is 11.6 Å². The minimum atomic E-state index is -0.527. The van der Waals surface area contributed by atoms with Gasteiger partial charge in [0.2, 0.25) is 0 Å². The standard InChI is InChI=1S/C18H14ClFN4O2S/c19-13-6-11(3-4-14(13)20)8-21-17(25)15-7-16(24-10-23-15)18(26)22-9-12-2-1-5-27-12/h1-7,10H,8-9H2,(H,21,25)(H,22,26). The molecule has 0 aliphatic heterocycles. The maximum Gasteiger partial charge on any atom is 0.270 e. The highest BCUT2D eigenvalue weighted by molar-refractivity contribution is 7.09. The van der Waals surface area contributed by atoms with Crippen molar-refractivity contribution in [2.75, 3.05) is 0 Å². The van der Waals surface area contributed by atoms with Crippen molar-refractivity contribution in [3.8, 4) is 0 Å². The molecule has 0 unspecified atom stereocenters. The van der Waals surface area contributed by atoms with E-state index in [1.165, 1.54) is 35.6 Å². The first-order valence-electron chi connectivity index (χ1n) is 7.87. The Hall–Kier alpha value is -2.84. The number of nitrogens with zero attached hydrogens (tertiary/aromatic N) is 2. The van der Waals surface area contributed by atoms with E-state index in [9.17, 15) is 14.0 Å². The molecule has 0 radical (unpaired) electrons. The van der Waals surface area contributed by atoms with Crippen molar-refractivity contribution in [3.05, 3.63) is 80.8 Å². The zero-order valence-electron chi connectivity index (χ0n) is 13.9. The van der Waals surface area contributed by atoms with Crippen LogP contribution in [0.15, 0.2) is 48.1 Å². The fourth-order valence-electron chi connectivity index (χ4n) is 2.20. The molecule has 3 aromatic rings. The first kappa shape index (κ1) is 18.9. The number of carbonyl (C=O) groups excluding carboxylic acids is 2. The number of benzene rings is 1. The lowest BCUT2D eigenvalue weighted by Gasteiger charge is -2.07. The predicted molar refractivity (Wildman–Crippen MR) is 100 cm³/mol. The van der Waals surface area contributed by atoms with Gasteiger partial charge >= 0.3 is 0 Å². The molecule has 0 aliphatic rings. The van der Waals surface area contributed by atoms with Gasteiger partial charge in [-0.1, -0.05) is 23.7 Å². The van der Waals surface area contributed by atoms with Crippen molar-refractivity contribution in [1.82, 2.24) is 20.6 Å². The van der Waals surface area contributed by atoms with E-state index in [2.05, 4.69) is 20.6 Å². The van der Waals surface area contributed by atoms with Crippen LogP contribution in [0.25, 0.3) is 0 Å². The number of halogens is 2. The van der Waals surface area contributed by atoms with Gasteiger partial charge in [-0.15, -0.1) is 11.3 Å². The molecule has 9 heteroatoms. The highest BCUT2D eigenvalue weighted by Crippen LogP contribution is 2.16. The number of rotatable bonds is 6. The smallest absolute Gasteiger partial charge is 0.270 e. The minimum Gasteiger partial charge on any atom is -0.347 e. The van der Waals surface area contributed by atoms with Crippen molar-refractivity contribution in [1.29, 1.82) is 0 Å².